The molecule has 7 nitrogen and oxygen atoms in total. The van der Waals surface area contributed by atoms with Crippen molar-refractivity contribution in [1.29, 1.82) is 0 Å². The molecule has 2 rings (SSSR count). The minimum Gasteiger partial charge on any atom is -0.449 e. The van der Waals surface area contributed by atoms with Crippen LogP contribution in [0, 0.1) is 0 Å². The normalized spacial score (nSPS) is 17.1. The van der Waals surface area contributed by atoms with Crippen LogP contribution in [0.3, 0.4) is 0 Å². The Bertz CT molecular complexity index is 808. The highest BCUT2D eigenvalue weighted by Crippen LogP contribution is 2.21. The third-order valence-electron chi connectivity index (χ3n) is 4.58. The van der Waals surface area contributed by atoms with Gasteiger partial charge in [0.15, 0.2) is 6.10 Å². The van der Waals surface area contributed by atoms with E-state index in [0.29, 0.717) is 18.7 Å². The first kappa shape index (κ1) is 22.1. The number of carbonyl (C=O) groups excluding carboxylic acids is 2. The molecule has 1 saturated heterocycles. The summed E-state index contributed by atoms with van der Waals surface area (Å²) < 4.78 is 32.1. The average Bonchev–Trinajstić information content (AvgIpc) is 2.96. The molecule has 1 aliphatic rings. The molecule has 1 aromatic rings. The Hall–Kier alpha value is -2.19. The topological polar surface area (TPSA) is 84.0 Å². The van der Waals surface area contributed by atoms with Crippen molar-refractivity contribution in [2.24, 2.45) is 0 Å². The zero-order valence-corrected chi connectivity index (χ0v) is 17.4. The van der Waals surface area contributed by atoms with E-state index < -0.39 is 22.1 Å². The number of likely N-dealkylation sites (N-methyl/N-ethyl adjacent to an activating group) is 1. The minimum absolute atomic E-state index is 0.249. The van der Waals surface area contributed by atoms with E-state index >= 15 is 0 Å². The molecule has 0 saturated carbocycles. The predicted molar refractivity (Wildman–Crippen MR) is 107 cm³/mol. The van der Waals surface area contributed by atoms with E-state index in [-0.39, 0.29) is 10.8 Å². The van der Waals surface area contributed by atoms with Gasteiger partial charge in [0.25, 0.3) is 5.91 Å². The number of nitrogens with zero attached hydrogens (tertiary/aromatic N) is 2. The maximum atomic E-state index is 12.8. The molecule has 0 radical (unpaired) electrons. The van der Waals surface area contributed by atoms with Crippen LogP contribution in [-0.4, -0.2) is 62.8 Å². The molecule has 1 aliphatic heterocycles. The summed E-state index contributed by atoms with van der Waals surface area (Å²) in [5.74, 6) is -0.936. The number of esters is 1. The number of ether oxygens (including phenoxy) is 1. The van der Waals surface area contributed by atoms with Crippen LogP contribution in [0.4, 0.5) is 0 Å². The Morgan fingerprint density at radius 2 is 1.64 bits per heavy atom. The van der Waals surface area contributed by atoms with Gasteiger partial charge >= 0.3 is 5.97 Å². The molecule has 154 valence electrons. The van der Waals surface area contributed by atoms with Crippen LogP contribution >= 0.6 is 0 Å². The summed E-state index contributed by atoms with van der Waals surface area (Å²) in [4.78, 5) is 25.1. The Morgan fingerprint density at radius 1 is 1.07 bits per heavy atom. The predicted octanol–water partition coefficient (Wildman–Crippen LogP) is 2.28. The summed E-state index contributed by atoms with van der Waals surface area (Å²) in [6, 6.07) is 6.37. The Labute approximate surface area is 167 Å². The largest absolute Gasteiger partial charge is 0.449 e. The van der Waals surface area contributed by atoms with Crippen molar-refractivity contribution >= 4 is 28.0 Å². The van der Waals surface area contributed by atoms with E-state index in [2.05, 4.69) is 0 Å². The van der Waals surface area contributed by atoms with Crippen LogP contribution in [0.1, 0.15) is 38.2 Å². The highest BCUT2D eigenvalue weighted by molar-refractivity contribution is 7.89. The number of amides is 1. The fraction of sp³-hybridized carbons (Fsp3) is 0.500. The number of rotatable bonds is 6. The monoisotopic (exact) mass is 408 g/mol. The van der Waals surface area contributed by atoms with Crippen LogP contribution in [0.2, 0.25) is 0 Å². The first-order valence-electron chi connectivity index (χ1n) is 9.42. The van der Waals surface area contributed by atoms with Crippen molar-refractivity contribution in [3.8, 4) is 0 Å². The van der Waals surface area contributed by atoms with Crippen molar-refractivity contribution < 1.29 is 22.7 Å². The molecule has 0 aromatic heterocycles. The number of sulfonamides is 1. The van der Waals surface area contributed by atoms with Crippen molar-refractivity contribution in [3.05, 3.63) is 35.9 Å². The van der Waals surface area contributed by atoms with Crippen molar-refractivity contribution in [2.45, 2.75) is 43.6 Å². The first-order valence-corrected chi connectivity index (χ1v) is 10.9. The first-order chi connectivity index (χ1) is 13.2. The van der Waals surface area contributed by atoms with Crippen LogP contribution in [-0.2, 0) is 24.3 Å². The molecule has 1 fully saturated rings. The van der Waals surface area contributed by atoms with Crippen LogP contribution in [0.15, 0.2) is 35.2 Å². The molecule has 1 aromatic carbocycles. The van der Waals surface area contributed by atoms with Gasteiger partial charge in [-0.2, -0.15) is 4.31 Å². The molecular formula is C20H28N2O5S. The quantitative estimate of drug-likeness (QED) is 0.533. The van der Waals surface area contributed by atoms with Gasteiger partial charge in [-0.15, -0.1) is 0 Å². The summed E-state index contributed by atoms with van der Waals surface area (Å²) in [7, 11) is -0.317. The van der Waals surface area contributed by atoms with Crippen molar-refractivity contribution in [3.63, 3.8) is 0 Å². The molecule has 8 heteroatoms. The fourth-order valence-electron chi connectivity index (χ4n) is 2.97. The number of carbonyl (C=O) groups is 2. The molecular weight excluding hydrogens is 380 g/mol. The zero-order chi connectivity index (χ0) is 20.7. The smallest absolute Gasteiger partial charge is 0.331 e. The van der Waals surface area contributed by atoms with Gasteiger partial charge in [-0.3, -0.25) is 4.79 Å². The van der Waals surface area contributed by atoms with Crippen molar-refractivity contribution in [2.75, 3.05) is 27.2 Å². The zero-order valence-electron chi connectivity index (χ0n) is 16.6. The van der Waals surface area contributed by atoms with Crippen molar-refractivity contribution in [1.82, 2.24) is 9.21 Å². The average molecular weight is 409 g/mol. The van der Waals surface area contributed by atoms with Crippen LogP contribution < -0.4 is 0 Å². The number of hydrogen-bond donors (Lipinski definition) is 0. The Balaban J connectivity index is 2.01. The van der Waals surface area contributed by atoms with E-state index in [0.717, 1.165) is 25.7 Å². The van der Waals surface area contributed by atoms with Gasteiger partial charge in [0.05, 0.1) is 4.90 Å². The Morgan fingerprint density at radius 3 is 2.18 bits per heavy atom. The molecule has 0 aliphatic carbocycles. The minimum atomic E-state index is -3.49. The summed E-state index contributed by atoms with van der Waals surface area (Å²) in [6.45, 7) is 2.62. The van der Waals surface area contributed by atoms with E-state index in [1.54, 1.807) is 42.7 Å². The summed E-state index contributed by atoms with van der Waals surface area (Å²) in [5.41, 5.74) is 0.665. The summed E-state index contributed by atoms with van der Waals surface area (Å²) in [5, 5.41) is 0. The number of hydrogen-bond acceptors (Lipinski definition) is 5. The lowest BCUT2D eigenvalue weighted by Crippen LogP contribution is -2.34. The maximum absolute atomic E-state index is 12.8. The third-order valence-corrected chi connectivity index (χ3v) is 6.49. The molecule has 1 atom stereocenters. The van der Waals surface area contributed by atoms with Crippen LogP contribution in [0.25, 0.3) is 6.08 Å². The molecule has 0 unspecified atom stereocenters. The molecule has 1 heterocycles. The van der Waals surface area contributed by atoms with Gasteiger partial charge in [0.2, 0.25) is 10.0 Å². The van der Waals surface area contributed by atoms with E-state index in [1.807, 2.05) is 0 Å². The van der Waals surface area contributed by atoms with Crippen LogP contribution in [0.5, 0.6) is 0 Å². The Kier molecular flexibility index (Phi) is 7.77. The molecule has 28 heavy (non-hydrogen) atoms. The number of benzene rings is 1. The lowest BCUT2D eigenvalue weighted by Gasteiger charge is -2.19. The summed E-state index contributed by atoms with van der Waals surface area (Å²) in [6.07, 6.45) is 5.77. The second kappa shape index (κ2) is 9.84. The fourth-order valence-corrected chi connectivity index (χ4v) is 4.49. The van der Waals surface area contributed by atoms with Gasteiger partial charge in [-0.05, 0) is 43.5 Å². The summed E-state index contributed by atoms with van der Waals surface area (Å²) >= 11 is 0. The standard InChI is InChI=1S/C20H28N2O5S/c1-16(20(24)21(2)3)27-19(23)13-10-17-8-11-18(12-9-17)28(25,26)22-14-6-4-5-7-15-22/h8-13,16H,4-7,14-15H2,1-3H3/b13-10+/t16-/m0/s1. The van der Waals surface area contributed by atoms with Gasteiger partial charge in [0.1, 0.15) is 0 Å². The highest BCUT2D eigenvalue weighted by Gasteiger charge is 2.24. The molecule has 0 bridgehead atoms. The van der Waals surface area contributed by atoms with Gasteiger partial charge in [-0.1, -0.05) is 25.0 Å². The van der Waals surface area contributed by atoms with E-state index in [4.69, 9.17) is 4.74 Å². The van der Waals surface area contributed by atoms with Gasteiger partial charge in [-0.25, -0.2) is 13.2 Å². The second-order valence-corrected chi connectivity index (χ2v) is 8.97. The molecule has 1 amide bonds. The molecule has 0 N–H and O–H groups in total. The van der Waals surface area contributed by atoms with Gasteiger partial charge in [0, 0.05) is 33.3 Å². The maximum Gasteiger partial charge on any atom is 0.331 e. The van der Waals surface area contributed by atoms with Gasteiger partial charge < -0.3 is 9.64 Å². The van der Waals surface area contributed by atoms with E-state index in [1.165, 1.54) is 24.0 Å². The SMILES string of the molecule is C[C@H](OC(=O)/C=C/c1ccc(S(=O)(=O)N2CCCCCC2)cc1)C(=O)N(C)C. The third kappa shape index (κ3) is 5.90. The highest BCUT2D eigenvalue weighted by atomic mass is 32.2. The molecule has 0 spiro atoms. The lowest BCUT2D eigenvalue weighted by molar-refractivity contribution is -0.153. The van der Waals surface area contributed by atoms with E-state index in [9.17, 15) is 18.0 Å². The lowest BCUT2D eigenvalue weighted by atomic mass is 10.2. The second-order valence-electron chi connectivity index (χ2n) is 7.03.